The van der Waals surface area contributed by atoms with Crippen molar-refractivity contribution in [3.05, 3.63) is 0 Å². The summed E-state index contributed by atoms with van der Waals surface area (Å²) in [6.45, 7) is 1.91. The summed E-state index contributed by atoms with van der Waals surface area (Å²) < 4.78 is 32.3. The molecule has 6 unspecified atom stereocenters. The lowest BCUT2D eigenvalue weighted by Gasteiger charge is -2.48. The molecule has 3 aliphatic heterocycles. The molecule has 1 amide bonds. The Morgan fingerprint density at radius 1 is 0.714 bits per heavy atom. The summed E-state index contributed by atoms with van der Waals surface area (Å²) in [4.78, 5) is 35.4. The average Bonchev–Trinajstić information content (AvgIpc) is 2.93. The van der Waals surface area contributed by atoms with Crippen LogP contribution in [0.15, 0.2) is 0 Å². The number of aliphatic hydroxyl groups excluding tert-OH is 7. The number of carbonyl (C=O) groups excluding carboxylic acids is 1. The largest absolute Gasteiger partial charge is 0.479 e. The zero-order chi connectivity index (χ0) is 31.5. The van der Waals surface area contributed by atoms with Crippen LogP contribution in [0.5, 0.6) is 0 Å². The van der Waals surface area contributed by atoms with E-state index in [0.29, 0.717) is 6.42 Å². The number of hydrogen-bond donors (Lipinski definition) is 10. The van der Waals surface area contributed by atoms with Crippen LogP contribution in [0.3, 0.4) is 0 Å². The average molecular weight is 616 g/mol. The Labute approximate surface area is 238 Å². The first-order chi connectivity index (χ1) is 19.7. The predicted octanol–water partition coefficient (Wildman–Crippen LogP) is -5.81. The van der Waals surface area contributed by atoms with E-state index in [1.807, 2.05) is 0 Å². The van der Waals surface area contributed by atoms with Gasteiger partial charge in [-0.1, -0.05) is 6.92 Å². The van der Waals surface area contributed by atoms with E-state index in [1.165, 1.54) is 0 Å². The first kappa shape index (κ1) is 34.4. The third kappa shape index (κ3) is 7.33. The summed E-state index contributed by atoms with van der Waals surface area (Å²) in [5.74, 6) is -4.10. The fraction of sp³-hybridized carbons (Fsp3) is 0.870. The third-order valence-electron chi connectivity index (χ3n) is 6.89. The molecular weight excluding hydrogens is 578 g/mol. The minimum Gasteiger partial charge on any atom is -0.479 e. The highest BCUT2D eigenvalue weighted by molar-refractivity contribution is 5.74. The van der Waals surface area contributed by atoms with Crippen molar-refractivity contribution >= 4 is 17.8 Å². The second-order valence-corrected chi connectivity index (χ2v) is 9.99. The Kier molecular flexibility index (Phi) is 11.9. The van der Waals surface area contributed by atoms with Crippen LogP contribution in [0.4, 0.5) is 0 Å². The second kappa shape index (κ2) is 14.6. The van der Waals surface area contributed by atoms with Gasteiger partial charge in [-0.25, -0.2) is 9.59 Å². The fourth-order valence-electron chi connectivity index (χ4n) is 4.77. The third-order valence-corrected chi connectivity index (χ3v) is 6.89. The summed E-state index contributed by atoms with van der Waals surface area (Å²) in [5, 5.41) is 93.9. The van der Waals surface area contributed by atoms with E-state index in [1.54, 1.807) is 6.92 Å². The van der Waals surface area contributed by atoms with Crippen LogP contribution in [-0.2, 0) is 42.8 Å². The Hall–Kier alpha value is -2.11. The summed E-state index contributed by atoms with van der Waals surface area (Å²) in [5.41, 5.74) is 0. The number of ether oxygens (including phenoxy) is 6. The van der Waals surface area contributed by atoms with Gasteiger partial charge >= 0.3 is 11.9 Å². The molecule has 19 nitrogen and oxygen atoms in total. The van der Waals surface area contributed by atoms with Gasteiger partial charge in [0, 0.05) is 13.5 Å². The summed E-state index contributed by atoms with van der Waals surface area (Å²) >= 11 is 0. The van der Waals surface area contributed by atoms with Gasteiger partial charge in [-0.05, 0) is 6.42 Å². The molecule has 0 spiro atoms. The van der Waals surface area contributed by atoms with Crippen molar-refractivity contribution in [3.8, 4) is 0 Å². The standard InChI is InChI=1S/C23H37NO18/c1-3-4-37-22-14(32)12(30)16(18(42-22)20(35)36)40-21-8(24-6(2)26)9(27)15(7(5-25)38-21)39-23-13(31)10(28)11(29)17(41-23)19(33)34/h7-18,21-23,25,27-32H,3-5H2,1-2H3,(H,24,26)(H,33,34)(H,35,36)/t7?,8?,9-,10?,11+,12?,13+,14+,15-,16+,17?,18?,21-,22-,23-/m1/s1. The summed E-state index contributed by atoms with van der Waals surface area (Å²) in [7, 11) is 0. The molecule has 0 radical (unpaired) electrons. The molecule has 0 aromatic heterocycles. The molecule has 3 saturated heterocycles. The molecule has 0 aromatic carbocycles. The van der Waals surface area contributed by atoms with Gasteiger partial charge in [0.1, 0.15) is 61.0 Å². The molecule has 0 aromatic rings. The number of aliphatic hydroxyl groups is 7. The molecule has 3 heterocycles. The summed E-state index contributed by atoms with van der Waals surface area (Å²) in [6, 6.07) is -1.63. The Balaban J connectivity index is 1.86. The van der Waals surface area contributed by atoms with Gasteiger partial charge in [0.25, 0.3) is 0 Å². The molecule has 0 aliphatic carbocycles. The van der Waals surface area contributed by atoms with E-state index in [9.17, 15) is 60.3 Å². The Bertz CT molecular complexity index is 939. The molecule has 19 heteroatoms. The van der Waals surface area contributed by atoms with Gasteiger partial charge < -0.3 is 79.7 Å². The van der Waals surface area contributed by atoms with Gasteiger partial charge in [0.05, 0.1) is 6.61 Å². The Morgan fingerprint density at radius 2 is 1.29 bits per heavy atom. The molecule has 3 fully saturated rings. The van der Waals surface area contributed by atoms with E-state index in [0.717, 1.165) is 6.92 Å². The fourth-order valence-corrected chi connectivity index (χ4v) is 4.77. The minimum absolute atomic E-state index is 0.0665. The van der Waals surface area contributed by atoms with Gasteiger partial charge in [-0.15, -0.1) is 0 Å². The highest BCUT2D eigenvalue weighted by atomic mass is 16.8. The monoisotopic (exact) mass is 615 g/mol. The van der Waals surface area contributed by atoms with E-state index in [2.05, 4.69) is 5.32 Å². The number of aliphatic carboxylic acids is 2. The molecule has 242 valence electrons. The van der Waals surface area contributed by atoms with Crippen molar-refractivity contribution in [1.29, 1.82) is 0 Å². The van der Waals surface area contributed by atoms with Crippen molar-refractivity contribution in [1.82, 2.24) is 5.32 Å². The van der Waals surface area contributed by atoms with Crippen molar-refractivity contribution in [2.75, 3.05) is 13.2 Å². The number of nitrogens with one attached hydrogen (secondary N) is 1. The Morgan fingerprint density at radius 3 is 1.83 bits per heavy atom. The molecule has 10 N–H and O–H groups in total. The zero-order valence-corrected chi connectivity index (χ0v) is 22.5. The van der Waals surface area contributed by atoms with Crippen LogP contribution in [0, 0.1) is 0 Å². The molecule has 0 saturated carbocycles. The summed E-state index contributed by atoms with van der Waals surface area (Å²) in [6.07, 6.45) is -25.8. The quantitative estimate of drug-likeness (QED) is 0.103. The van der Waals surface area contributed by atoms with Crippen LogP contribution < -0.4 is 5.32 Å². The van der Waals surface area contributed by atoms with Crippen molar-refractivity contribution in [2.24, 2.45) is 0 Å². The van der Waals surface area contributed by atoms with E-state index in [-0.39, 0.29) is 6.61 Å². The maximum Gasteiger partial charge on any atom is 0.335 e. The molecule has 42 heavy (non-hydrogen) atoms. The smallest absolute Gasteiger partial charge is 0.335 e. The number of carboxylic acid groups (broad SMARTS) is 2. The highest BCUT2D eigenvalue weighted by Gasteiger charge is 2.55. The van der Waals surface area contributed by atoms with Crippen molar-refractivity contribution in [3.63, 3.8) is 0 Å². The van der Waals surface area contributed by atoms with Crippen LogP contribution in [0.25, 0.3) is 0 Å². The van der Waals surface area contributed by atoms with Crippen LogP contribution >= 0.6 is 0 Å². The van der Waals surface area contributed by atoms with Gasteiger partial charge in [0.2, 0.25) is 5.91 Å². The second-order valence-electron chi connectivity index (χ2n) is 9.99. The molecule has 3 aliphatic rings. The molecular formula is C23H37NO18. The van der Waals surface area contributed by atoms with Crippen LogP contribution in [-0.4, -0.2) is 169 Å². The van der Waals surface area contributed by atoms with E-state index in [4.69, 9.17) is 28.4 Å². The van der Waals surface area contributed by atoms with E-state index < -0.39 is 117 Å². The maximum absolute atomic E-state index is 12.0. The predicted molar refractivity (Wildman–Crippen MR) is 128 cm³/mol. The molecule has 0 bridgehead atoms. The van der Waals surface area contributed by atoms with Gasteiger partial charge in [-0.2, -0.15) is 0 Å². The van der Waals surface area contributed by atoms with Crippen LogP contribution in [0.2, 0.25) is 0 Å². The van der Waals surface area contributed by atoms with Crippen LogP contribution in [0.1, 0.15) is 20.3 Å². The minimum atomic E-state index is -2.06. The van der Waals surface area contributed by atoms with Gasteiger partial charge in [0.15, 0.2) is 31.1 Å². The number of rotatable bonds is 11. The maximum atomic E-state index is 12.0. The van der Waals surface area contributed by atoms with Gasteiger partial charge in [-0.3, -0.25) is 4.79 Å². The number of amides is 1. The topological polar surface area (TPSA) is 301 Å². The lowest BCUT2D eigenvalue weighted by molar-refractivity contribution is -0.362. The molecule has 3 rings (SSSR count). The molecule has 15 atom stereocenters. The number of hydrogen-bond acceptors (Lipinski definition) is 16. The SMILES string of the molecule is CCCO[C@@H]1OC(C(=O)O)[C@@H](O[C@H]2OC(CO)[C@@H](O[C@@H]3OC(C(=O)O)[C@@H](O)C(O)[C@@H]3O)[C@H](O)C2NC(C)=O)C(O)[C@@H]1O. The normalized spacial score (nSPS) is 44.4. The zero-order valence-electron chi connectivity index (χ0n) is 22.5. The highest BCUT2D eigenvalue weighted by Crippen LogP contribution is 2.33. The first-order valence-corrected chi connectivity index (χ1v) is 13.0. The number of carbonyl (C=O) groups is 3. The van der Waals surface area contributed by atoms with Crippen molar-refractivity contribution in [2.45, 2.75) is 112 Å². The first-order valence-electron chi connectivity index (χ1n) is 13.0. The number of carboxylic acids is 2. The van der Waals surface area contributed by atoms with E-state index >= 15 is 0 Å². The van der Waals surface area contributed by atoms with Crippen molar-refractivity contribution < 1.29 is 88.8 Å². The lowest BCUT2D eigenvalue weighted by atomic mass is 9.94. The lowest BCUT2D eigenvalue weighted by Crippen LogP contribution is -2.69.